The number of carboxylic acid groups (broad SMARTS) is 1. The largest absolute Gasteiger partial charge is 0.490 e. The molecular formula is C30H30F2N4O7. The van der Waals surface area contributed by atoms with Gasteiger partial charge in [0.1, 0.15) is 29.3 Å². The molecule has 11 nitrogen and oxygen atoms in total. The van der Waals surface area contributed by atoms with Crippen LogP contribution in [0.4, 0.5) is 25.0 Å². The second kappa shape index (κ2) is 11.0. The molecule has 1 unspecified atom stereocenters. The maximum Gasteiger partial charge on any atom is 0.414 e. The number of nitrogens with two attached hydrogens (primary N) is 1. The number of ether oxygens (including phenoxy) is 2. The standard InChI is InChI=1S/C30H30F2N4O7/c1-15(37)27(33)26-13-36(30(41)43-26)18-4-5-25(22(32)8-18)42-14-16-6-7-34(11-16)24-10-23-19(9-21(24)31)28(38)20(29(39)40)12-35(23)17-2-3-17/h4-5,8-10,12,16-17,26-27H,2-3,6-7,11,13-14,33H2,1H3,(H,39,40)/t16?,26-,27-/m1/s1. The number of aromatic nitrogens is 1. The highest BCUT2D eigenvalue weighted by Gasteiger charge is 2.38. The minimum absolute atomic E-state index is 0.00803. The Morgan fingerprint density at radius 2 is 1.88 bits per heavy atom. The first kappa shape index (κ1) is 28.6. The summed E-state index contributed by atoms with van der Waals surface area (Å²) in [5, 5.41) is 9.49. The van der Waals surface area contributed by atoms with E-state index in [1.54, 1.807) is 10.6 Å². The third kappa shape index (κ3) is 5.40. The van der Waals surface area contributed by atoms with E-state index in [4.69, 9.17) is 15.2 Å². The summed E-state index contributed by atoms with van der Waals surface area (Å²) >= 11 is 0. The smallest absolute Gasteiger partial charge is 0.414 e. The quantitative estimate of drug-likeness (QED) is 0.379. The van der Waals surface area contributed by atoms with Crippen LogP contribution in [0.3, 0.4) is 0 Å². The Hall–Kier alpha value is -4.52. The monoisotopic (exact) mass is 596 g/mol. The van der Waals surface area contributed by atoms with Crippen molar-refractivity contribution in [1.82, 2.24) is 4.57 Å². The molecule has 1 amide bonds. The lowest BCUT2D eigenvalue weighted by Gasteiger charge is -2.21. The Morgan fingerprint density at radius 1 is 1.12 bits per heavy atom. The highest BCUT2D eigenvalue weighted by molar-refractivity contribution is 5.94. The summed E-state index contributed by atoms with van der Waals surface area (Å²) in [6.45, 7) is 2.43. The molecule has 2 saturated heterocycles. The van der Waals surface area contributed by atoms with Gasteiger partial charge in [0.05, 0.1) is 30.0 Å². The Morgan fingerprint density at radius 3 is 2.56 bits per heavy atom. The molecule has 3 fully saturated rings. The Bertz CT molecular complexity index is 1710. The van der Waals surface area contributed by atoms with Gasteiger partial charge in [0.15, 0.2) is 11.6 Å². The fraction of sp³-hybridized carbons (Fsp3) is 0.400. The lowest BCUT2D eigenvalue weighted by atomic mass is 10.1. The molecule has 1 saturated carbocycles. The Kier molecular flexibility index (Phi) is 7.28. The van der Waals surface area contributed by atoms with Gasteiger partial charge in [0.25, 0.3) is 0 Å². The van der Waals surface area contributed by atoms with Crippen molar-refractivity contribution in [3.8, 4) is 5.75 Å². The van der Waals surface area contributed by atoms with E-state index in [2.05, 4.69) is 0 Å². The van der Waals surface area contributed by atoms with Crippen molar-refractivity contribution >= 4 is 40.1 Å². The number of pyridine rings is 1. The van der Waals surface area contributed by atoms with Gasteiger partial charge in [-0.05, 0) is 50.5 Å². The van der Waals surface area contributed by atoms with Gasteiger partial charge in [-0.1, -0.05) is 0 Å². The van der Waals surface area contributed by atoms with Gasteiger partial charge in [-0.2, -0.15) is 0 Å². The van der Waals surface area contributed by atoms with Crippen LogP contribution in [-0.2, 0) is 9.53 Å². The Balaban J connectivity index is 1.13. The normalized spacial score (nSPS) is 20.9. The van der Waals surface area contributed by atoms with Gasteiger partial charge in [0, 0.05) is 42.7 Å². The maximum atomic E-state index is 15.3. The summed E-state index contributed by atoms with van der Waals surface area (Å²) in [7, 11) is 0. The number of amides is 1. The molecule has 0 radical (unpaired) electrons. The molecule has 3 heterocycles. The van der Waals surface area contributed by atoms with Crippen LogP contribution in [0.1, 0.15) is 42.6 Å². The van der Waals surface area contributed by atoms with Crippen LogP contribution in [0, 0.1) is 17.6 Å². The van der Waals surface area contributed by atoms with Crippen LogP contribution in [0.15, 0.2) is 41.3 Å². The molecular weight excluding hydrogens is 566 g/mol. The number of fused-ring (bicyclic) bond motifs is 1. The van der Waals surface area contributed by atoms with E-state index in [-0.39, 0.29) is 53.3 Å². The SMILES string of the molecule is CC(=O)[C@@H](N)[C@H]1CN(c2ccc(OCC3CCN(c4cc5c(cc4F)c(=O)c(C(=O)O)cn5C4CC4)C3)c(F)c2)C(=O)O1. The molecule has 1 aromatic heterocycles. The zero-order valence-electron chi connectivity index (χ0n) is 23.3. The molecule has 3 aromatic rings. The number of Topliss-reactive ketones (excluding diaryl/α,β-unsaturated/α-hetero) is 1. The average Bonchev–Trinajstić information content (AvgIpc) is 3.57. The lowest BCUT2D eigenvalue weighted by Crippen LogP contribution is -2.43. The maximum absolute atomic E-state index is 15.3. The molecule has 3 atom stereocenters. The number of carbonyl (C=O) groups is 3. The molecule has 1 aliphatic carbocycles. The van der Waals surface area contributed by atoms with Gasteiger partial charge < -0.3 is 29.8 Å². The summed E-state index contributed by atoms with van der Waals surface area (Å²) in [4.78, 5) is 51.2. The first-order chi connectivity index (χ1) is 20.5. The van der Waals surface area contributed by atoms with E-state index in [1.807, 2.05) is 4.90 Å². The van der Waals surface area contributed by atoms with E-state index in [0.29, 0.717) is 30.7 Å². The molecule has 0 bridgehead atoms. The van der Waals surface area contributed by atoms with Crippen LogP contribution in [0.25, 0.3) is 10.9 Å². The van der Waals surface area contributed by atoms with Gasteiger partial charge in [-0.3, -0.25) is 14.5 Å². The number of halogens is 2. The minimum atomic E-state index is -1.35. The number of anilines is 2. The number of cyclic esters (lactones) is 1. The molecule has 0 spiro atoms. The zero-order valence-corrected chi connectivity index (χ0v) is 23.3. The number of nitrogens with zero attached hydrogens (tertiary/aromatic N) is 3. The Labute approximate surface area is 244 Å². The molecule has 6 rings (SSSR count). The number of ketones is 1. The first-order valence-electron chi connectivity index (χ1n) is 14.0. The average molecular weight is 597 g/mol. The van der Waals surface area contributed by atoms with Crippen molar-refractivity contribution in [2.24, 2.45) is 11.7 Å². The van der Waals surface area contributed by atoms with E-state index in [9.17, 15) is 28.7 Å². The zero-order chi connectivity index (χ0) is 30.6. The van der Waals surface area contributed by atoms with Gasteiger partial charge >= 0.3 is 12.1 Å². The van der Waals surface area contributed by atoms with Crippen molar-refractivity contribution < 1.29 is 37.7 Å². The molecule has 43 heavy (non-hydrogen) atoms. The van der Waals surface area contributed by atoms with Crippen molar-refractivity contribution in [1.29, 1.82) is 0 Å². The van der Waals surface area contributed by atoms with Crippen LogP contribution in [0.5, 0.6) is 5.75 Å². The summed E-state index contributed by atoms with van der Waals surface area (Å²) in [6.07, 6.45) is 2.14. The first-order valence-corrected chi connectivity index (χ1v) is 14.0. The lowest BCUT2D eigenvalue weighted by molar-refractivity contribution is -0.120. The molecule has 13 heteroatoms. The summed E-state index contributed by atoms with van der Waals surface area (Å²) in [5.74, 6) is -3.02. The molecule has 3 N–H and O–H groups in total. The van der Waals surface area contributed by atoms with Gasteiger partial charge in [-0.25, -0.2) is 18.4 Å². The third-order valence-electron chi connectivity index (χ3n) is 8.30. The van der Waals surface area contributed by atoms with E-state index in [1.165, 1.54) is 30.2 Å². The number of benzene rings is 2. The molecule has 2 aliphatic heterocycles. The van der Waals surface area contributed by atoms with Crippen LogP contribution in [-0.4, -0.2) is 65.9 Å². The highest BCUT2D eigenvalue weighted by atomic mass is 19.1. The number of hydrogen-bond acceptors (Lipinski definition) is 8. The topological polar surface area (TPSA) is 144 Å². The molecule has 2 aromatic carbocycles. The van der Waals surface area contributed by atoms with Crippen LogP contribution in [0.2, 0.25) is 0 Å². The molecule has 3 aliphatic rings. The minimum Gasteiger partial charge on any atom is -0.490 e. The van der Waals surface area contributed by atoms with Crippen LogP contribution >= 0.6 is 0 Å². The fourth-order valence-corrected chi connectivity index (χ4v) is 5.72. The second-order valence-corrected chi connectivity index (χ2v) is 11.3. The van der Waals surface area contributed by atoms with Crippen molar-refractivity contribution in [3.63, 3.8) is 0 Å². The number of rotatable bonds is 9. The van der Waals surface area contributed by atoms with Crippen molar-refractivity contribution in [2.45, 2.75) is 44.4 Å². The number of aromatic carboxylic acids is 1. The predicted octanol–water partition coefficient (Wildman–Crippen LogP) is 3.46. The predicted molar refractivity (Wildman–Crippen MR) is 152 cm³/mol. The highest BCUT2D eigenvalue weighted by Crippen LogP contribution is 2.39. The van der Waals surface area contributed by atoms with Crippen molar-refractivity contribution in [2.75, 3.05) is 36.0 Å². The number of hydrogen-bond donors (Lipinski definition) is 2. The van der Waals surface area contributed by atoms with Gasteiger partial charge in [-0.15, -0.1) is 0 Å². The van der Waals surface area contributed by atoms with Crippen molar-refractivity contribution in [3.05, 3.63) is 63.9 Å². The van der Waals surface area contributed by atoms with E-state index < -0.39 is 41.3 Å². The third-order valence-corrected chi connectivity index (χ3v) is 8.30. The van der Waals surface area contributed by atoms with Gasteiger partial charge in [0.2, 0.25) is 5.43 Å². The van der Waals surface area contributed by atoms with E-state index in [0.717, 1.165) is 25.0 Å². The van der Waals surface area contributed by atoms with Crippen LogP contribution < -0.4 is 25.7 Å². The van der Waals surface area contributed by atoms with E-state index >= 15 is 4.39 Å². The summed E-state index contributed by atoms with van der Waals surface area (Å²) < 4.78 is 42.9. The second-order valence-electron chi connectivity index (χ2n) is 11.3. The molecule has 226 valence electrons. The fourth-order valence-electron chi connectivity index (χ4n) is 5.72. The summed E-state index contributed by atoms with van der Waals surface area (Å²) in [5.41, 5.74) is 5.74. The summed E-state index contributed by atoms with van der Waals surface area (Å²) in [6, 6.07) is 5.90. The number of carbonyl (C=O) groups excluding carboxylic acids is 2. The number of carboxylic acids is 1.